The van der Waals surface area contributed by atoms with Crippen LogP contribution in [0.5, 0.6) is 0 Å². The minimum atomic E-state index is -0.358. The number of aromatic nitrogens is 3. The standard InChI is InChI=1S/C28H27N5O3/c1-18-23(28(36)32-26(30-18)24-14-7-8-15-29-24)17-25(34)33(3)19(2)21-12-9-13-22(16-21)31-27(35)20-10-5-4-6-11-20/h4-16,19H,17H2,1-3H3,(H,31,35)(H,30,32,36)/t19-/m1/s1. The first-order valence-electron chi connectivity index (χ1n) is 11.6. The number of anilines is 1. The molecule has 2 heterocycles. The Balaban J connectivity index is 1.47. The predicted molar refractivity (Wildman–Crippen MR) is 139 cm³/mol. The Morgan fingerprint density at radius 3 is 2.47 bits per heavy atom. The molecule has 0 bridgehead atoms. The van der Waals surface area contributed by atoms with Crippen LogP contribution in [0.25, 0.3) is 11.5 Å². The Morgan fingerprint density at radius 2 is 1.78 bits per heavy atom. The first-order chi connectivity index (χ1) is 17.3. The summed E-state index contributed by atoms with van der Waals surface area (Å²) >= 11 is 0. The van der Waals surface area contributed by atoms with Gasteiger partial charge in [0.25, 0.3) is 11.5 Å². The molecule has 0 saturated heterocycles. The lowest BCUT2D eigenvalue weighted by Crippen LogP contribution is -2.33. The van der Waals surface area contributed by atoms with Gasteiger partial charge in [-0.05, 0) is 55.8 Å². The summed E-state index contributed by atoms with van der Waals surface area (Å²) < 4.78 is 0. The Kier molecular flexibility index (Phi) is 7.34. The molecular weight excluding hydrogens is 454 g/mol. The number of amides is 2. The van der Waals surface area contributed by atoms with Gasteiger partial charge in [-0.2, -0.15) is 0 Å². The third kappa shape index (κ3) is 5.55. The van der Waals surface area contributed by atoms with E-state index >= 15 is 0 Å². The van der Waals surface area contributed by atoms with Crippen LogP contribution in [0.1, 0.15) is 40.1 Å². The molecule has 4 aromatic rings. The fourth-order valence-corrected chi connectivity index (χ4v) is 3.83. The topological polar surface area (TPSA) is 108 Å². The molecule has 0 unspecified atom stereocenters. The van der Waals surface area contributed by atoms with Crippen molar-refractivity contribution in [3.8, 4) is 11.5 Å². The maximum atomic E-state index is 13.1. The van der Waals surface area contributed by atoms with E-state index in [9.17, 15) is 14.4 Å². The number of hydrogen-bond acceptors (Lipinski definition) is 5. The van der Waals surface area contributed by atoms with Crippen LogP contribution in [0, 0.1) is 6.92 Å². The van der Waals surface area contributed by atoms with Crippen molar-refractivity contribution < 1.29 is 9.59 Å². The molecule has 2 aromatic heterocycles. The lowest BCUT2D eigenvalue weighted by atomic mass is 10.0. The van der Waals surface area contributed by atoms with Crippen LogP contribution in [-0.2, 0) is 11.2 Å². The van der Waals surface area contributed by atoms with Gasteiger partial charge in [0.15, 0.2) is 5.82 Å². The van der Waals surface area contributed by atoms with Crippen LogP contribution < -0.4 is 10.9 Å². The molecule has 8 heteroatoms. The van der Waals surface area contributed by atoms with E-state index in [1.807, 2.05) is 49.4 Å². The molecule has 0 saturated carbocycles. The fraction of sp³-hybridized carbons (Fsp3) is 0.179. The predicted octanol–water partition coefficient (Wildman–Crippen LogP) is 4.15. The summed E-state index contributed by atoms with van der Waals surface area (Å²) in [7, 11) is 1.70. The maximum absolute atomic E-state index is 13.1. The smallest absolute Gasteiger partial charge is 0.255 e. The number of carbonyl (C=O) groups is 2. The molecular formula is C28H27N5O3. The molecule has 182 valence electrons. The number of nitrogens with zero attached hydrogens (tertiary/aromatic N) is 3. The van der Waals surface area contributed by atoms with Crippen molar-refractivity contribution in [1.82, 2.24) is 19.9 Å². The van der Waals surface area contributed by atoms with Gasteiger partial charge in [0, 0.05) is 35.8 Å². The third-order valence-corrected chi connectivity index (χ3v) is 6.09. The number of nitrogens with one attached hydrogen (secondary N) is 2. The number of aromatic amines is 1. The number of carbonyl (C=O) groups excluding carboxylic acids is 2. The summed E-state index contributed by atoms with van der Waals surface area (Å²) in [4.78, 5) is 51.4. The number of likely N-dealkylation sites (N-methyl/N-ethyl adjacent to an activating group) is 1. The van der Waals surface area contributed by atoms with E-state index in [1.54, 1.807) is 55.4 Å². The van der Waals surface area contributed by atoms with Crippen molar-refractivity contribution in [3.05, 3.63) is 112 Å². The molecule has 0 aliphatic heterocycles. The molecule has 2 aromatic carbocycles. The molecule has 36 heavy (non-hydrogen) atoms. The summed E-state index contributed by atoms with van der Waals surface area (Å²) in [5, 5.41) is 2.89. The Hall–Kier alpha value is -4.59. The zero-order valence-electron chi connectivity index (χ0n) is 20.4. The number of aryl methyl sites for hydroxylation is 1. The first kappa shape index (κ1) is 24.5. The van der Waals surface area contributed by atoms with E-state index in [1.165, 1.54) is 0 Å². The molecule has 0 fully saturated rings. The minimum absolute atomic E-state index is 0.0814. The van der Waals surface area contributed by atoms with Crippen LogP contribution in [0.15, 0.2) is 83.8 Å². The van der Waals surface area contributed by atoms with Crippen LogP contribution in [0.2, 0.25) is 0 Å². The number of pyridine rings is 1. The molecule has 0 aliphatic rings. The highest BCUT2D eigenvalue weighted by Gasteiger charge is 2.21. The fourth-order valence-electron chi connectivity index (χ4n) is 3.83. The second kappa shape index (κ2) is 10.8. The monoisotopic (exact) mass is 481 g/mol. The van der Waals surface area contributed by atoms with Crippen LogP contribution in [0.4, 0.5) is 5.69 Å². The van der Waals surface area contributed by atoms with Gasteiger partial charge >= 0.3 is 0 Å². The molecule has 2 N–H and O–H groups in total. The Bertz CT molecular complexity index is 1430. The van der Waals surface area contributed by atoms with Gasteiger partial charge in [0.1, 0.15) is 5.69 Å². The molecule has 8 nitrogen and oxygen atoms in total. The lowest BCUT2D eigenvalue weighted by Gasteiger charge is -2.26. The summed E-state index contributed by atoms with van der Waals surface area (Å²) in [5.41, 5.74) is 3.05. The van der Waals surface area contributed by atoms with E-state index in [-0.39, 0.29) is 29.8 Å². The zero-order valence-corrected chi connectivity index (χ0v) is 20.4. The number of benzene rings is 2. The van der Waals surface area contributed by atoms with Crippen molar-refractivity contribution in [2.45, 2.75) is 26.3 Å². The highest BCUT2D eigenvalue weighted by Crippen LogP contribution is 2.23. The molecule has 0 spiro atoms. The molecule has 2 amide bonds. The first-order valence-corrected chi connectivity index (χ1v) is 11.6. The van der Waals surface area contributed by atoms with Gasteiger partial charge < -0.3 is 15.2 Å². The second-order valence-electron chi connectivity index (χ2n) is 8.50. The van der Waals surface area contributed by atoms with E-state index < -0.39 is 0 Å². The average molecular weight is 482 g/mol. The van der Waals surface area contributed by atoms with Gasteiger partial charge in [-0.15, -0.1) is 0 Å². The van der Waals surface area contributed by atoms with E-state index in [0.29, 0.717) is 34.0 Å². The summed E-state index contributed by atoms with van der Waals surface area (Å²) in [6.45, 7) is 3.61. The molecule has 0 aliphatic carbocycles. The number of hydrogen-bond donors (Lipinski definition) is 2. The van der Waals surface area contributed by atoms with Gasteiger partial charge in [0.2, 0.25) is 5.91 Å². The molecule has 0 radical (unpaired) electrons. The largest absolute Gasteiger partial charge is 0.339 e. The van der Waals surface area contributed by atoms with E-state index in [2.05, 4.69) is 20.3 Å². The van der Waals surface area contributed by atoms with E-state index in [4.69, 9.17) is 0 Å². The van der Waals surface area contributed by atoms with Crippen molar-refractivity contribution in [1.29, 1.82) is 0 Å². The zero-order chi connectivity index (χ0) is 25.7. The lowest BCUT2D eigenvalue weighted by molar-refractivity contribution is -0.131. The second-order valence-corrected chi connectivity index (χ2v) is 8.50. The Morgan fingerprint density at radius 1 is 1.03 bits per heavy atom. The van der Waals surface area contributed by atoms with Gasteiger partial charge in [0.05, 0.1) is 12.5 Å². The van der Waals surface area contributed by atoms with Crippen LogP contribution in [-0.4, -0.2) is 38.7 Å². The van der Waals surface area contributed by atoms with Crippen molar-refractivity contribution in [3.63, 3.8) is 0 Å². The van der Waals surface area contributed by atoms with Crippen molar-refractivity contribution >= 4 is 17.5 Å². The number of H-pyrrole nitrogens is 1. The summed E-state index contributed by atoms with van der Waals surface area (Å²) in [6, 6.07) is 21.4. The van der Waals surface area contributed by atoms with Crippen LogP contribution in [0.3, 0.4) is 0 Å². The highest BCUT2D eigenvalue weighted by molar-refractivity contribution is 6.04. The third-order valence-electron chi connectivity index (χ3n) is 6.09. The average Bonchev–Trinajstić information content (AvgIpc) is 2.90. The van der Waals surface area contributed by atoms with Gasteiger partial charge in [-0.1, -0.05) is 36.4 Å². The maximum Gasteiger partial charge on any atom is 0.255 e. The van der Waals surface area contributed by atoms with E-state index in [0.717, 1.165) is 5.56 Å². The SMILES string of the molecule is Cc1nc(-c2ccccn2)[nH]c(=O)c1CC(=O)N(C)[C@H](C)c1cccc(NC(=O)c2ccccc2)c1. The van der Waals surface area contributed by atoms with Gasteiger partial charge in [-0.25, -0.2) is 4.98 Å². The highest BCUT2D eigenvalue weighted by atomic mass is 16.2. The van der Waals surface area contributed by atoms with Crippen LogP contribution >= 0.6 is 0 Å². The normalized spacial score (nSPS) is 11.5. The van der Waals surface area contributed by atoms with Gasteiger partial charge in [-0.3, -0.25) is 19.4 Å². The quantitative estimate of drug-likeness (QED) is 0.412. The minimum Gasteiger partial charge on any atom is -0.339 e. The molecule has 4 rings (SSSR count). The Labute approximate surface area is 209 Å². The van der Waals surface area contributed by atoms with Crippen molar-refractivity contribution in [2.75, 3.05) is 12.4 Å². The summed E-state index contributed by atoms with van der Waals surface area (Å²) in [6.07, 6.45) is 1.54. The van der Waals surface area contributed by atoms with Crippen molar-refractivity contribution in [2.24, 2.45) is 0 Å². The number of rotatable bonds is 7. The summed E-state index contributed by atoms with van der Waals surface area (Å²) in [5.74, 6) is -0.0613. The molecule has 1 atom stereocenters.